The molecule has 0 aliphatic rings. The number of alkyl halides is 5. The molecule has 104 valence electrons. The second-order valence-corrected chi connectivity index (χ2v) is 4.06. The van der Waals surface area contributed by atoms with Gasteiger partial charge in [-0.05, 0) is 12.3 Å². The lowest BCUT2D eigenvalue weighted by atomic mass is 9.93. The molecule has 2 unspecified atom stereocenters. The van der Waals surface area contributed by atoms with Crippen molar-refractivity contribution in [1.29, 1.82) is 0 Å². The molecule has 8 heteroatoms. The summed E-state index contributed by atoms with van der Waals surface area (Å²) in [6, 6.07) is 0. The third kappa shape index (κ3) is 3.26. The summed E-state index contributed by atoms with van der Waals surface area (Å²) in [7, 11) is 0. The van der Waals surface area contributed by atoms with Gasteiger partial charge in [0.05, 0.1) is 0 Å². The molecule has 0 spiro atoms. The highest BCUT2D eigenvalue weighted by atomic mass is 19.4. The van der Waals surface area contributed by atoms with Gasteiger partial charge in [-0.3, -0.25) is 0 Å². The molecule has 0 bridgehead atoms. The Kier molecular flexibility index (Phi) is 4.89. The normalized spacial score (nSPS) is 18.0. The van der Waals surface area contributed by atoms with Crippen LogP contribution in [0.2, 0.25) is 0 Å². The molecule has 2 atom stereocenters. The maximum atomic E-state index is 13.1. The zero-order chi connectivity index (χ0) is 14.1. The summed E-state index contributed by atoms with van der Waals surface area (Å²) < 4.78 is 62.3. The van der Waals surface area contributed by atoms with Crippen LogP contribution in [0, 0.1) is 5.92 Å². The van der Waals surface area contributed by atoms with E-state index in [9.17, 15) is 22.0 Å². The van der Waals surface area contributed by atoms with Gasteiger partial charge in [-0.2, -0.15) is 22.0 Å². The van der Waals surface area contributed by atoms with Gasteiger partial charge in [-0.15, -0.1) is 0 Å². The highest BCUT2D eigenvalue weighted by Crippen LogP contribution is 2.43. The Labute approximate surface area is 94.9 Å². The fourth-order valence-electron chi connectivity index (χ4n) is 1.12. The summed E-state index contributed by atoms with van der Waals surface area (Å²) in [4.78, 5) is 0. The SMILES string of the molecule is CCC(C)CC(O)C(F)(F)C(O)(O)C(F)(F)F. The van der Waals surface area contributed by atoms with E-state index < -0.39 is 36.3 Å². The van der Waals surface area contributed by atoms with Crippen molar-refractivity contribution in [3.63, 3.8) is 0 Å². The van der Waals surface area contributed by atoms with E-state index in [4.69, 9.17) is 15.3 Å². The molecule has 0 fully saturated rings. The average Bonchev–Trinajstić information content (AvgIpc) is 2.15. The Balaban J connectivity index is 4.99. The van der Waals surface area contributed by atoms with Crippen LogP contribution >= 0.6 is 0 Å². The van der Waals surface area contributed by atoms with Gasteiger partial charge in [0.1, 0.15) is 6.10 Å². The van der Waals surface area contributed by atoms with Crippen LogP contribution in [0.4, 0.5) is 22.0 Å². The number of rotatable bonds is 5. The fraction of sp³-hybridized carbons (Fsp3) is 1.00. The molecular weight excluding hydrogens is 251 g/mol. The second-order valence-electron chi connectivity index (χ2n) is 4.06. The molecule has 0 aromatic rings. The van der Waals surface area contributed by atoms with Crippen LogP contribution in [0.3, 0.4) is 0 Å². The Morgan fingerprint density at radius 3 is 1.76 bits per heavy atom. The average molecular weight is 266 g/mol. The Morgan fingerprint density at radius 1 is 1.06 bits per heavy atom. The molecular formula is C9H15F5O3. The summed E-state index contributed by atoms with van der Waals surface area (Å²) >= 11 is 0. The van der Waals surface area contributed by atoms with Crippen LogP contribution in [0.1, 0.15) is 26.7 Å². The van der Waals surface area contributed by atoms with Crippen molar-refractivity contribution >= 4 is 0 Å². The molecule has 0 aliphatic heterocycles. The molecule has 0 saturated carbocycles. The topological polar surface area (TPSA) is 60.7 Å². The van der Waals surface area contributed by atoms with Crippen molar-refractivity contribution in [1.82, 2.24) is 0 Å². The van der Waals surface area contributed by atoms with Crippen LogP contribution in [-0.4, -0.2) is 39.3 Å². The number of halogens is 5. The van der Waals surface area contributed by atoms with Gasteiger partial charge >= 0.3 is 17.9 Å². The third-order valence-electron chi connectivity index (χ3n) is 2.60. The first-order chi connectivity index (χ1) is 7.38. The quantitative estimate of drug-likeness (QED) is 0.524. The Morgan fingerprint density at radius 2 is 1.47 bits per heavy atom. The molecule has 3 N–H and O–H groups in total. The molecule has 0 saturated heterocycles. The molecule has 0 heterocycles. The van der Waals surface area contributed by atoms with Crippen molar-refractivity contribution in [3.05, 3.63) is 0 Å². The van der Waals surface area contributed by atoms with Crippen molar-refractivity contribution in [2.45, 2.75) is 50.7 Å². The summed E-state index contributed by atoms with van der Waals surface area (Å²) in [6.45, 7) is 3.05. The van der Waals surface area contributed by atoms with Gasteiger partial charge in [0.15, 0.2) is 0 Å². The van der Waals surface area contributed by atoms with Crippen LogP contribution in [0.5, 0.6) is 0 Å². The summed E-state index contributed by atoms with van der Waals surface area (Å²) in [5.41, 5.74) is 0. The predicted molar refractivity (Wildman–Crippen MR) is 48.2 cm³/mol. The highest BCUT2D eigenvalue weighted by molar-refractivity contribution is 4.95. The zero-order valence-electron chi connectivity index (χ0n) is 9.30. The standard InChI is InChI=1S/C9H15F5O3/c1-3-5(2)4-6(15)7(10,11)8(16,17)9(12,13)14/h5-6,15-17H,3-4H2,1-2H3. The lowest BCUT2D eigenvalue weighted by Gasteiger charge is -2.35. The van der Waals surface area contributed by atoms with Crippen molar-refractivity contribution in [3.8, 4) is 0 Å². The summed E-state index contributed by atoms with van der Waals surface area (Å²) in [6.07, 6.45) is -9.03. The maximum absolute atomic E-state index is 13.1. The fourth-order valence-corrected chi connectivity index (χ4v) is 1.12. The van der Waals surface area contributed by atoms with Crippen molar-refractivity contribution < 1.29 is 37.3 Å². The largest absolute Gasteiger partial charge is 0.449 e. The lowest BCUT2D eigenvalue weighted by molar-refractivity contribution is -0.429. The van der Waals surface area contributed by atoms with Gasteiger partial charge in [0.25, 0.3) is 0 Å². The van der Waals surface area contributed by atoms with E-state index in [-0.39, 0.29) is 0 Å². The predicted octanol–water partition coefficient (Wildman–Crippen LogP) is 1.66. The molecule has 0 radical (unpaired) electrons. The molecule has 3 nitrogen and oxygen atoms in total. The first-order valence-corrected chi connectivity index (χ1v) is 4.95. The van der Waals surface area contributed by atoms with E-state index in [0.29, 0.717) is 6.42 Å². The number of aliphatic hydroxyl groups excluding tert-OH is 1. The van der Waals surface area contributed by atoms with Gasteiger partial charge in [-0.25, -0.2) is 0 Å². The van der Waals surface area contributed by atoms with Crippen LogP contribution in [-0.2, 0) is 0 Å². The van der Waals surface area contributed by atoms with Gasteiger partial charge in [0.2, 0.25) is 0 Å². The first kappa shape index (κ1) is 16.5. The van der Waals surface area contributed by atoms with E-state index >= 15 is 0 Å². The second kappa shape index (κ2) is 5.03. The Bertz CT molecular complexity index is 252. The molecule has 0 amide bonds. The monoisotopic (exact) mass is 266 g/mol. The number of hydrogen-bond donors (Lipinski definition) is 3. The van der Waals surface area contributed by atoms with Crippen LogP contribution in [0.15, 0.2) is 0 Å². The number of aliphatic hydroxyl groups is 3. The molecule has 0 rings (SSSR count). The summed E-state index contributed by atoms with van der Waals surface area (Å²) in [5, 5.41) is 25.9. The van der Waals surface area contributed by atoms with E-state index in [2.05, 4.69) is 0 Å². The van der Waals surface area contributed by atoms with E-state index in [1.807, 2.05) is 0 Å². The summed E-state index contributed by atoms with van der Waals surface area (Å²) in [5.74, 6) is -10.8. The highest BCUT2D eigenvalue weighted by Gasteiger charge is 2.71. The Hall–Kier alpha value is -0.470. The minimum atomic E-state index is -5.95. The van der Waals surface area contributed by atoms with Crippen LogP contribution < -0.4 is 0 Å². The molecule has 0 aromatic carbocycles. The first-order valence-electron chi connectivity index (χ1n) is 4.95. The smallest absolute Gasteiger partial charge is 0.387 e. The van der Waals surface area contributed by atoms with Gasteiger partial charge < -0.3 is 15.3 Å². The van der Waals surface area contributed by atoms with Crippen LogP contribution in [0.25, 0.3) is 0 Å². The third-order valence-corrected chi connectivity index (χ3v) is 2.60. The zero-order valence-corrected chi connectivity index (χ0v) is 9.30. The minimum absolute atomic E-state index is 0.364. The van der Waals surface area contributed by atoms with E-state index in [0.717, 1.165) is 0 Å². The van der Waals surface area contributed by atoms with E-state index in [1.165, 1.54) is 6.92 Å². The van der Waals surface area contributed by atoms with Gasteiger partial charge in [0, 0.05) is 0 Å². The minimum Gasteiger partial charge on any atom is -0.387 e. The maximum Gasteiger partial charge on any atom is 0.449 e. The van der Waals surface area contributed by atoms with Crippen molar-refractivity contribution in [2.24, 2.45) is 5.92 Å². The molecule has 0 aromatic heterocycles. The molecule has 17 heavy (non-hydrogen) atoms. The van der Waals surface area contributed by atoms with E-state index in [1.54, 1.807) is 6.92 Å². The van der Waals surface area contributed by atoms with Gasteiger partial charge in [-0.1, -0.05) is 20.3 Å². The van der Waals surface area contributed by atoms with Crippen molar-refractivity contribution in [2.75, 3.05) is 0 Å². The number of hydrogen-bond acceptors (Lipinski definition) is 3. The lowest BCUT2D eigenvalue weighted by Crippen LogP contribution is -2.63. The molecule has 0 aliphatic carbocycles.